The van der Waals surface area contributed by atoms with Crippen LogP contribution in [-0.4, -0.2) is 19.5 Å². The van der Waals surface area contributed by atoms with Gasteiger partial charge < -0.3 is 0 Å². The van der Waals surface area contributed by atoms with Crippen LogP contribution in [0.1, 0.15) is 0 Å². The number of fused-ring (bicyclic) bond motifs is 8. The standard InChI is InChI=1S/C51H33N5/c1-3-16-35(17-4-1)45-33-46(53-50(52-45)36-18-5-2-6-19-36)40-30-39(38-28-27-34-15-7-8-20-37(34)29-38)31-41(32-40)55-47-24-12-9-21-42(47)43-22-10-13-25-48(43)56-49-26-14-11-23-44(49)54-51(55)56/h1-33H. The summed E-state index contributed by atoms with van der Waals surface area (Å²) >= 11 is 0. The second kappa shape index (κ2) is 13.0. The number of hydrogen-bond donors (Lipinski definition) is 0. The predicted octanol–water partition coefficient (Wildman–Crippen LogP) is 13.1. The third-order valence-electron chi connectivity index (χ3n) is 10.7. The van der Waals surface area contributed by atoms with Crippen molar-refractivity contribution in [2.45, 2.75) is 0 Å². The average Bonchev–Trinajstić information content (AvgIpc) is 3.60. The first-order chi connectivity index (χ1) is 27.7. The monoisotopic (exact) mass is 715 g/mol. The maximum absolute atomic E-state index is 5.39. The Bertz CT molecular complexity index is 3040. The van der Waals surface area contributed by atoms with Gasteiger partial charge in [0, 0.05) is 27.8 Å². The Balaban J connectivity index is 1.21. The average molecular weight is 716 g/mol. The minimum atomic E-state index is 0.678. The summed E-state index contributed by atoms with van der Waals surface area (Å²) in [5, 5.41) is 2.39. The van der Waals surface area contributed by atoms with Gasteiger partial charge in [-0.15, -0.1) is 0 Å². The largest absolute Gasteiger partial charge is 0.280 e. The Labute approximate surface area is 324 Å². The Hall–Kier alpha value is -7.63. The van der Waals surface area contributed by atoms with Crippen molar-refractivity contribution in [3.05, 3.63) is 200 Å². The first kappa shape index (κ1) is 31.9. The number of anilines is 3. The van der Waals surface area contributed by atoms with E-state index in [0.29, 0.717) is 5.82 Å². The van der Waals surface area contributed by atoms with Crippen molar-refractivity contribution in [1.82, 2.24) is 19.5 Å². The molecule has 0 radical (unpaired) electrons. The second-order valence-corrected chi connectivity index (χ2v) is 14.1. The minimum Gasteiger partial charge on any atom is -0.280 e. The topological polar surface area (TPSA) is 46.8 Å². The number of para-hydroxylation sites is 4. The zero-order valence-electron chi connectivity index (χ0n) is 30.3. The molecule has 10 aromatic rings. The van der Waals surface area contributed by atoms with Gasteiger partial charge in [0.2, 0.25) is 5.95 Å². The number of imidazole rings is 1. The van der Waals surface area contributed by atoms with E-state index in [1.165, 1.54) is 10.8 Å². The van der Waals surface area contributed by atoms with E-state index >= 15 is 0 Å². The Morgan fingerprint density at radius 1 is 0.357 bits per heavy atom. The zero-order valence-corrected chi connectivity index (χ0v) is 30.3. The molecule has 1 aliphatic heterocycles. The number of hydrogen-bond acceptors (Lipinski definition) is 4. The SMILES string of the molecule is c1ccc(-c2cc(-c3cc(-c4ccc5ccccc5c4)cc(N4c5ccccc5-c5ccccc5-n5c4nc4ccccc45)c3)nc(-c3ccccc3)n2)cc1. The van der Waals surface area contributed by atoms with Crippen molar-refractivity contribution >= 4 is 39.1 Å². The predicted molar refractivity (Wildman–Crippen MR) is 230 cm³/mol. The second-order valence-electron chi connectivity index (χ2n) is 14.1. The molecule has 5 heteroatoms. The van der Waals surface area contributed by atoms with E-state index in [9.17, 15) is 0 Å². The van der Waals surface area contributed by atoms with Crippen LogP contribution in [0.3, 0.4) is 0 Å². The Kier molecular flexibility index (Phi) is 7.42. The van der Waals surface area contributed by atoms with Gasteiger partial charge >= 0.3 is 0 Å². The van der Waals surface area contributed by atoms with Gasteiger partial charge in [0.25, 0.3) is 0 Å². The molecule has 0 N–H and O–H groups in total. The third kappa shape index (κ3) is 5.37. The quantitative estimate of drug-likeness (QED) is 0.178. The van der Waals surface area contributed by atoms with Crippen LogP contribution in [0.25, 0.3) is 83.6 Å². The highest BCUT2D eigenvalue weighted by atomic mass is 15.3. The van der Waals surface area contributed by atoms with Gasteiger partial charge in [-0.05, 0) is 76.5 Å². The highest BCUT2D eigenvalue weighted by Gasteiger charge is 2.29. The molecular weight excluding hydrogens is 683 g/mol. The number of aromatic nitrogens is 4. The van der Waals surface area contributed by atoms with Gasteiger partial charge in [0.1, 0.15) is 0 Å². The summed E-state index contributed by atoms with van der Waals surface area (Å²) in [6.45, 7) is 0. The molecule has 0 aliphatic carbocycles. The van der Waals surface area contributed by atoms with Crippen LogP contribution in [0.2, 0.25) is 0 Å². The summed E-state index contributed by atoms with van der Waals surface area (Å²) in [6, 6.07) is 70.4. The van der Waals surface area contributed by atoms with E-state index in [2.05, 4.69) is 185 Å². The number of nitrogens with zero attached hydrogens (tertiary/aromatic N) is 5. The van der Waals surface area contributed by atoms with Gasteiger partial charge in [-0.2, -0.15) is 0 Å². The molecule has 0 amide bonds. The maximum atomic E-state index is 5.39. The molecule has 0 bridgehead atoms. The molecule has 262 valence electrons. The highest BCUT2D eigenvalue weighted by Crippen LogP contribution is 2.49. The summed E-state index contributed by atoms with van der Waals surface area (Å²) in [6.07, 6.45) is 0. The van der Waals surface area contributed by atoms with E-state index in [0.717, 1.165) is 84.4 Å². The fourth-order valence-corrected chi connectivity index (χ4v) is 8.05. The van der Waals surface area contributed by atoms with Crippen molar-refractivity contribution in [3.8, 4) is 61.8 Å². The molecule has 2 aromatic heterocycles. The molecule has 11 rings (SSSR count). The zero-order chi connectivity index (χ0) is 37.0. The van der Waals surface area contributed by atoms with Crippen LogP contribution < -0.4 is 4.90 Å². The van der Waals surface area contributed by atoms with Crippen LogP contribution >= 0.6 is 0 Å². The summed E-state index contributed by atoms with van der Waals surface area (Å²) in [5.41, 5.74) is 14.3. The molecule has 1 aliphatic rings. The molecule has 0 unspecified atom stereocenters. The maximum Gasteiger partial charge on any atom is 0.220 e. The van der Waals surface area contributed by atoms with Crippen LogP contribution in [0.5, 0.6) is 0 Å². The molecular formula is C51H33N5. The number of rotatable bonds is 5. The van der Waals surface area contributed by atoms with Crippen molar-refractivity contribution in [1.29, 1.82) is 0 Å². The highest BCUT2D eigenvalue weighted by molar-refractivity contribution is 5.98. The fourth-order valence-electron chi connectivity index (χ4n) is 8.05. The summed E-state index contributed by atoms with van der Waals surface area (Å²) < 4.78 is 2.30. The first-order valence-electron chi connectivity index (χ1n) is 18.9. The van der Waals surface area contributed by atoms with Crippen LogP contribution in [0.15, 0.2) is 200 Å². The van der Waals surface area contributed by atoms with E-state index in [1.54, 1.807) is 0 Å². The number of benzene rings is 8. The lowest BCUT2D eigenvalue weighted by Gasteiger charge is -2.26. The van der Waals surface area contributed by atoms with E-state index in [4.69, 9.17) is 15.0 Å². The summed E-state index contributed by atoms with van der Waals surface area (Å²) in [7, 11) is 0. The molecule has 0 saturated heterocycles. The first-order valence-corrected chi connectivity index (χ1v) is 18.9. The van der Waals surface area contributed by atoms with Gasteiger partial charge in [-0.3, -0.25) is 9.47 Å². The van der Waals surface area contributed by atoms with Crippen molar-refractivity contribution in [3.63, 3.8) is 0 Å². The molecule has 0 spiro atoms. The van der Waals surface area contributed by atoms with Crippen LogP contribution in [-0.2, 0) is 0 Å². The van der Waals surface area contributed by atoms with Crippen molar-refractivity contribution < 1.29 is 0 Å². The van der Waals surface area contributed by atoms with Crippen molar-refractivity contribution in [2.75, 3.05) is 4.90 Å². The molecule has 56 heavy (non-hydrogen) atoms. The normalized spacial score (nSPS) is 11.9. The minimum absolute atomic E-state index is 0.678. The van der Waals surface area contributed by atoms with E-state index in [-0.39, 0.29) is 0 Å². The Morgan fingerprint density at radius 3 is 1.77 bits per heavy atom. The molecule has 0 saturated carbocycles. The third-order valence-corrected chi connectivity index (χ3v) is 10.7. The van der Waals surface area contributed by atoms with E-state index in [1.807, 2.05) is 24.3 Å². The van der Waals surface area contributed by atoms with E-state index < -0.39 is 0 Å². The van der Waals surface area contributed by atoms with Gasteiger partial charge in [-0.1, -0.05) is 146 Å². The van der Waals surface area contributed by atoms with Crippen LogP contribution in [0, 0.1) is 0 Å². The Morgan fingerprint density at radius 2 is 0.964 bits per heavy atom. The van der Waals surface area contributed by atoms with Gasteiger partial charge in [0.05, 0.1) is 39.5 Å². The fraction of sp³-hybridized carbons (Fsp3) is 0. The molecule has 0 fully saturated rings. The molecule has 8 aromatic carbocycles. The van der Waals surface area contributed by atoms with Gasteiger partial charge in [0.15, 0.2) is 5.82 Å². The lowest BCUT2D eigenvalue weighted by atomic mass is 9.96. The van der Waals surface area contributed by atoms with Gasteiger partial charge in [-0.25, -0.2) is 15.0 Å². The lowest BCUT2D eigenvalue weighted by molar-refractivity contribution is 1.05. The molecule has 0 atom stereocenters. The molecule has 3 heterocycles. The summed E-state index contributed by atoms with van der Waals surface area (Å²) in [5.74, 6) is 1.50. The smallest absolute Gasteiger partial charge is 0.220 e. The van der Waals surface area contributed by atoms with Crippen molar-refractivity contribution in [2.24, 2.45) is 0 Å². The lowest BCUT2D eigenvalue weighted by Crippen LogP contribution is -2.14. The molecule has 5 nitrogen and oxygen atoms in total. The van der Waals surface area contributed by atoms with Crippen LogP contribution in [0.4, 0.5) is 17.3 Å². The summed E-state index contributed by atoms with van der Waals surface area (Å²) in [4.78, 5) is 18.1.